The summed E-state index contributed by atoms with van der Waals surface area (Å²) in [5.41, 5.74) is 0.523. The van der Waals surface area contributed by atoms with Crippen LogP contribution in [-0.2, 0) is 18.0 Å². The van der Waals surface area contributed by atoms with E-state index < -0.39 is 17.8 Å². The number of benzene rings is 2. The maximum Gasteiger partial charge on any atom is 0.416 e. The van der Waals surface area contributed by atoms with Gasteiger partial charge < -0.3 is 9.64 Å². The summed E-state index contributed by atoms with van der Waals surface area (Å²) >= 11 is 6.36. The Balaban J connectivity index is 1.89. The molecule has 31 heavy (non-hydrogen) atoms. The van der Waals surface area contributed by atoms with E-state index in [1.807, 2.05) is 0 Å². The third-order valence-electron chi connectivity index (χ3n) is 4.44. The number of halogens is 4. The number of aromatic nitrogens is 3. The van der Waals surface area contributed by atoms with Gasteiger partial charge in [0.1, 0.15) is 0 Å². The van der Waals surface area contributed by atoms with E-state index in [2.05, 4.69) is 15.5 Å². The summed E-state index contributed by atoms with van der Waals surface area (Å²) < 4.78 is 45.5. The highest BCUT2D eigenvalue weighted by Crippen LogP contribution is 2.34. The van der Waals surface area contributed by atoms with Gasteiger partial charge in [-0.05, 0) is 43.3 Å². The number of rotatable bonds is 5. The van der Waals surface area contributed by atoms with Crippen molar-refractivity contribution >= 4 is 35.0 Å². The molecule has 0 aliphatic heterocycles. The van der Waals surface area contributed by atoms with Crippen LogP contribution in [0.1, 0.15) is 12.5 Å². The van der Waals surface area contributed by atoms with E-state index in [-0.39, 0.29) is 6.61 Å². The lowest BCUT2D eigenvalue weighted by molar-refractivity contribution is -0.137. The summed E-state index contributed by atoms with van der Waals surface area (Å²) in [7, 11) is 3.27. The molecule has 0 fully saturated rings. The van der Waals surface area contributed by atoms with Crippen molar-refractivity contribution in [3.8, 4) is 11.4 Å². The first-order chi connectivity index (χ1) is 14.6. The van der Waals surface area contributed by atoms with Crippen molar-refractivity contribution in [1.29, 1.82) is 0 Å². The van der Waals surface area contributed by atoms with Crippen molar-refractivity contribution in [1.82, 2.24) is 14.8 Å². The predicted molar refractivity (Wildman–Crippen MR) is 112 cm³/mol. The molecule has 0 aliphatic rings. The molecule has 3 rings (SSSR count). The van der Waals surface area contributed by atoms with E-state index in [1.54, 1.807) is 49.9 Å². The van der Waals surface area contributed by atoms with Crippen LogP contribution < -0.4 is 10.2 Å². The van der Waals surface area contributed by atoms with Gasteiger partial charge in [-0.2, -0.15) is 13.2 Å². The van der Waals surface area contributed by atoms with Crippen molar-refractivity contribution in [2.75, 3.05) is 23.9 Å². The molecule has 2 aromatic carbocycles. The highest BCUT2D eigenvalue weighted by Gasteiger charge is 2.31. The van der Waals surface area contributed by atoms with Gasteiger partial charge in [-0.3, -0.25) is 9.88 Å². The zero-order valence-electron chi connectivity index (χ0n) is 16.9. The second kappa shape index (κ2) is 8.84. The summed E-state index contributed by atoms with van der Waals surface area (Å²) in [4.78, 5) is 13.0. The van der Waals surface area contributed by atoms with Crippen LogP contribution in [-0.4, -0.2) is 34.5 Å². The Morgan fingerprint density at radius 1 is 1.23 bits per heavy atom. The number of hydrogen-bond donors (Lipinski definition) is 1. The van der Waals surface area contributed by atoms with Crippen LogP contribution in [0.25, 0.3) is 11.4 Å². The Hall–Kier alpha value is -3.27. The van der Waals surface area contributed by atoms with E-state index in [4.69, 9.17) is 16.3 Å². The smallest absolute Gasteiger partial charge is 0.416 e. The van der Waals surface area contributed by atoms with Crippen LogP contribution in [0.5, 0.6) is 0 Å². The largest absolute Gasteiger partial charge is 0.450 e. The zero-order valence-corrected chi connectivity index (χ0v) is 17.6. The molecule has 0 bridgehead atoms. The number of anilines is 3. The standard InChI is InChI=1S/C20H19ClF3N5O2/c1-4-31-19(30)25-13-8-9-15(16(21)11-13)17-26-27-18(29(17)3)28(2)14-7-5-6-12(10-14)20(22,23)24/h5-11H,4H2,1-3H3,(H,25,30). The SMILES string of the molecule is CCOC(=O)Nc1ccc(-c2nnc(N(C)c3cccc(C(F)(F)F)c3)n2C)c(Cl)c1. The summed E-state index contributed by atoms with van der Waals surface area (Å²) in [5, 5.41) is 11.1. The fourth-order valence-electron chi connectivity index (χ4n) is 2.91. The summed E-state index contributed by atoms with van der Waals surface area (Å²) in [6.45, 7) is 1.93. The molecule has 7 nitrogen and oxygen atoms in total. The summed E-state index contributed by atoms with van der Waals surface area (Å²) in [6.07, 6.45) is -5.05. The quantitative estimate of drug-likeness (QED) is 0.553. The lowest BCUT2D eigenvalue weighted by atomic mass is 10.2. The van der Waals surface area contributed by atoms with Crippen molar-refractivity contribution in [2.24, 2.45) is 7.05 Å². The van der Waals surface area contributed by atoms with Crippen LogP contribution in [0.4, 0.5) is 35.3 Å². The van der Waals surface area contributed by atoms with E-state index in [9.17, 15) is 18.0 Å². The van der Waals surface area contributed by atoms with E-state index in [1.165, 1.54) is 11.0 Å². The highest BCUT2D eigenvalue weighted by atomic mass is 35.5. The van der Waals surface area contributed by atoms with Crippen LogP contribution in [0, 0.1) is 0 Å². The number of hydrogen-bond acceptors (Lipinski definition) is 5. The van der Waals surface area contributed by atoms with Crippen LogP contribution in [0.2, 0.25) is 5.02 Å². The van der Waals surface area contributed by atoms with Gasteiger partial charge in [0.25, 0.3) is 0 Å². The topological polar surface area (TPSA) is 72.3 Å². The first-order valence-electron chi connectivity index (χ1n) is 9.16. The number of amides is 1. The Morgan fingerprint density at radius 2 is 1.97 bits per heavy atom. The van der Waals surface area contributed by atoms with Gasteiger partial charge >= 0.3 is 12.3 Å². The van der Waals surface area contributed by atoms with Gasteiger partial charge in [0.15, 0.2) is 5.82 Å². The molecule has 11 heteroatoms. The molecular weight excluding hydrogens is 435 g/mol. The van der Waals surface area contributed by atoms with Gasteiger partial charge in [-0.15, -0.1) is 10.2 Å². The van der Waals surface area contributed by atoms with Gasteiger partial charge in [0.2, 0.25) is 5.95 Å². The van der Waals surface area contributed by atoms with Crippen molar-refractivity contribution in [3.63, 3.8) is 0 Å². The van der Waals surface area contributed by atoms with E-state index in [0.29, 0.717) is 33.7 Å². The van der Waals surface area contributed by atoms with Crippen molar-refractivity contribution < 1.29 is 22.7 Å². The van der Waals surface area contributed by atoms with Crippen molar-refractivity contribution in [3.05, 3.63) is 53.1 Å². The van der Waals surface area contributed by atoms with E-state index >= 15 is 0 Å². The second-order valence-electron chi connectivity index (χ2n) is 6.53. The molecule has 0 saturated heterocycles. The molecule has 1 N–H and O–H groups in total. The normalized spacial score (nSPS) is 11.3. The molecule has 0 spiro atoms. The Morgan fingerprint density at radius 3 is 2.61 bits per heavy atom. The Labute approximate surface area is 181 Å². The summed E-state index contributed by atoms with van der Waals surface area (Å²) in [5.74, 6) is 0.723. The molecule has 1 aromatic heterocycles. The molecule has 0 unspecified atom stereocenters. The molecular formula is C20H19ClF3N5O2. The average Bonchev–Trinajstić information content (AvgIpc) is 3.08. The number of carbonyl (C=O) groups excluding carboxylic acids is 1. The number of nitrogens with one attached hydrogen (secondary N) is 1. The first kappa shape index (κ1) is 22.4. The highest BCUT2D eigenvalue weighted by molar-refractivity contribution is 6.33. The molecule has 164 valence electrons. The minimum absolute atomic E-state index is 0.235. The molecule has 0 atom stereocenters. The lowest BCUT2D eigenvalue weighted by Crippen LogP contribution is -2.16. The first-order valence-corrected chi connectivity index (χ1v) is 9.53. The molecule has 1 heterocycles. The molecule has 3 aromatic rings. The molecule has 0 radical (unpaired) electrons. The second-order valence-corrected chi connectivity index (χ2v) is 6.94. The Kier molecular flexibility index (Phi) is 6.40. The molecule has 0 saturated carbocycles. The van der Waals surface area contributed by atoms with Gasteiger partial charge in [0.05, 0.1) is 17.2 Å². The monoisotopic (exact) mass is 453 g/mol. The van der Waals surface area contributed by atoms with Crippen LogP contribution in [0.15, 0.2) is 42.5 Å². The zero-order chi connectivity index (χ0) is 22.8. The maximum atomic E-state index is 13.0. The van der Waals surface area contributed by atoms with Crippen LogP contribution >= 0.6 is 11.6 Å². The van der Waals surface area contributed by atoms with Gasteiger partial charge in [0, 0.05) is 31.0 Å². The number of nitrogens with zero attached hydrogens (tertiary/aromatic N) is 4. The maximum absolute atomic E-state index is 13.0. The van der Waals surface area contributed by atoms with E-state index in [0.717, 1.165) is 12.1 Å². The Bertz CT molecular complexity index is 1100. The number of ether oxygens (including phenoxy) is 1. The molecule has 1 amide bonds. The van der Waals surface area contributed by atoms with Crippen molar-refractivity contribution in [2.45, 2.75) is 13.1 Å². The third-order valence-corrected chi connectivity index (χ3v) is 4.76. The summed E-state index contributed by atoms with van der Waals surface area (Å²) in [6, 6.07) is 9.75. The fourth-order valence-corrected chi connectivity index (χ4v) is 3.18. The fraction of sp³-hybridized carbons (Fsp3) is 0.250. The molecule has 0 aliphatic carbocycles. The predicted octanol–water partition coefficient (Wildman–Crippen LogP) is 5.49. The lowest BCUT2D eigenvalue weighted by Gasteiger charge is -2.19. The number of carbonyl (C=O) groups is 1. The average molecular weight is 454 g/mol. The number of alkyl halides is 3. The third kappa shape index (κ3) is 4.91. The minimum Gasteiger partial charge on any atom is -0.450 e. The van der Waals surface area contributed by atoms with Gasteiger partial charge in [-0.1, -0.05) is 17.7 Å². The minimum atomic E-state index is -4.45. The van der Waals surface area contributed by atoms with Crippen LogP contribution in [0.3, 0.4) is 0 Å². The van der Waals surface area contributed by atoms with Gasteiger partial charge in [-0.25, -0.2) is 4.79 Å².